The number of nitrogens with one attached hydrogen (secondary N) is 1. The van der Waals surface area contributed by atoms with Gasteiger partial charge >= 0.3 is 12.1 Å². The Morgan fingerprint density at radius 2 is 1.93 bits per heavy atom. The van der Waals surface area contributed by atoms with Crippen LogP contribution < -0.4 is 5.32 Å². The standard InChI is InChI=1S/C10H8F3NO/c1-2-7-5-3-4-6-8(7)14-9(15)10(11,12)13/h2-6H,1H2,(H,14,15). The zero-order valence-corrected chi connectivity index (χ0v) is 7.64. The molecule has 2 nitrogen and oxygen atoms in total. The number of anilines is 1. The summed E-state index contributed by atoms with van der Waals surface area (Å²) >= 11 is 0. The van der Waals surface area contributed by atoms with Crippen molar-refractivity contribution in [1.29, 1.82) is 0 Å². The highest BCUT2D eigenvalue weighted by molar-refractivity contribution is 5.96. The van der Waals surface area contributed by atoms with Gasteiger partial charge in [-0.3, -0.25) is 4.79 Å². The molecule has 0 saturated carbocycles. The van der Waals surface area contributed by atoms with Crippen molar-refractivity contribution < 1.29 is 18.0 Å². The molecule has 80 valence electrons. The van der Waals surface area contributed by atoms with Gasteiger partial charge in [-0.2, -0.15) is 13.2 Å². The van der Waals surface area contributed by atoms with E-state index >= 15 is 0 Å². The fraction of sp³-hybridized carbons (Fsp3) is 0.100. The van der Waals surface area contributed by atoms with E-state index in [9.17, 15) is 18.0 Å². The lowest BCUT2D eigenvalue weighted by atomic mass is 10.2. The van der Waals surface area contributed by atoms with Crippen LogP contribution in [-0.2, 0) is 4.79 Å². The number of rotatable bonds is 2. The molecule has 1 aromatic carbocycles. The summed E-state index contributed by atoms with van der Waals surface area (Å²) in [5.74, 6) is -1.99. The Morgan fingerprint density at radius 1 is 1.33 bits per heavy atom. The molecule has 0 aliphatic rings. The molecule has 5 heteroatoms. The van der Waals surface area contributed by atoms with Crippen LogP contribution in [0.2, 0.25) is 0 Å². The van der Waals surface area contributed by atoms with Crippen molar-refractivity contribution in [2.45, 2.75) is 6.18 Å². The van der Waals surface area contributed by atoms with Crippen molar-refractivity contribution in [1.82, 2.24) is 0 Å². The van der Waals surface area contributed by atoms with E-state index in [1.165, 1.54) is 18.2 Å². The molecule has 1 rings (SSSR count). The van der Waals surface area contributed by atoms with E-state index in [2.05, 4.69) is 6.58 Å². The van der Waals surface area contributed by atoms with Gasteiger partial charge in [-0.05, 0) is 11.6 Å². The lowest BCUT2D eigenvalue weighted by Gasteiger charge is -2.09. The van der Waals surface area contributed by atoms with E-state index < -0.39 is 12.1 Å². The van der Waals surface area contributed by atoms with Gasteiger partial charge < -0.3 is 5.32 Å². The topological polar surface area (TPSA) is 29.1 Å². The molecule has 1 aromatic rings. The summed E-state index contributed by atoms with van der Waals surface area (Å²) < 4.78 is 35.8. The molecule has 0 spiro atoms. The van der Waals surface area contributed by atoms with E-state index in [-0.39, 0.29) is 5.69 Å². The highest BCUT2D eigenvalue weighted by Crippen LogP contribution is 2.21. The van der Waals surface area contributed by atoms with Crippen molar-refractivity contribution in [3.8, 4) is 0 Å². The summed E-state index contributed by atoms with van der Waals surface area (Å²) in [4.78, 5) is 10.6. The van der Waals surface area contributed by atoms with Crippen molar-refractivity contribution in [2.75, 3.05) is 5.32 Å². The minimum Gasteiger partial charge on any atom is -0.318 e. The van der Waals surface area contributed by atoms with Gasteiger partial charge in [-0.15, -0.1) is 0 Å². The Hall–Kier alpha value is -1.78. The Bertz CT molecular complexity index is 384. The van der Waals surface area contributed by atoms with Crippen molar-refractivity contribution in [3.05, 3.63) is 36.4 Å². The minimum atomic E-state index is -4.88. The molecule has 0 aliphatic carbocycles. The minimum absolute atomic E-state index is 0.0924. The summed E-state index contributed by atoms with van der Waals surface area (Å²) in [5.41, 5.74) is 0.532. The molecular formula is C10H8F3NO. The van der Waals surface area contributed by atoms with Crippen LogP contribution in [0.25, 0.3) is 6.08 Å². The van der Waals surface area contributed by atoms with Gasteiger partial charge in [0.2, 0.25) is 0 Å². The van der Waals surface area contributed by atoms with Crippen LogP contribution >= 0.6 is 0 Å². The van der Waals surface area contributed by atoms with Crippen molar-refractivity contribution in [2.24, 2.45) is 0 Å². The van der Waals surface area contributed by atoms with E-state index in [0.717, 1.165) is 0 Å². The predicted octanol–water partition coefficient (Wildman–Crippen LogP) is 2.83. The molecule has 0 bridgehead atoms. The number of para-hydroxylation sites is 1. The average molecular weight is 215 g/mol. The van der Waals surface area contributed by atoms with Crippen molar-refractivity contribution in [3.63, 3.8) is 0 Å². The van der Waals surface area contributed by atoms with Crippen LogP contribution in [0.4, 0.5) is 18.9 Å². The lowest BCUT2D eigenvalue weighted by molar-refractivity contribution is -0.167. The Labute approximate surface area is 84.4 Å². The summed E-state index contributed by atoms with van der Waals surface area (Å²) in [6.45, 7) is 3.43. The Morgan fingerprint density at radius 3 is 2.47 bits per heavy atom. The van der Waals surface area contributed by atoms with Gasteiger partial charge in [0.05, 0.1) is 0 Å². The molecule has 0 heterocycles. The molecule has 0 atom stereocenters. The molecule has 0 fully saturated rings. The monoisotopic (exact) mass is 215 g/mol. The van der Waals surface area contributed by atoms with E-state index in [1.54, 1.807) is 17.4 Å². The molecule has 0 saturated heterocycles. The number of amides is 1. The van der Waals surface area contributed by atoms with Crippen LogP contribution in [0.5, 0.6) is 0 Å². The Kier molecular flexibility index (Phi) is 3.14. The molecule has 0 aromatic heterocycles. The molecule has 15 heavy (non-hydrogen) atoms. The van der Waals surface area contributed by atoms with Gasteiger partial charge in [0.25, 0.3) is 0 Å². The third-order valence-corrected chi connectivity index (χ3v) is 1.69. The first-order valence-corrected chi connectivity index (χ1v) is 4.05. The van der Waals surface area contributed by atoms with Gasteiger partial charge in [-0.25, -0.2) is 0 Å². The van der Waals surface area contributed by atoms with Gasteiger partial charge in [0.15, 0.2) is 0 Å². The maximum absolute atomic E-state index is 11.9. The summed E-state index contributed by atoms with van der Waals surface area (Å²) in [6, 6.07) is 6.10. The maximum atomic E-state index is 11.9. The van der Waals surface area contributed by atoms with E-state index in [4.69, 9.17) is 0 Å². The number of halogens is 3. The zero-order valence-electron chi connectivity index (χ0n) is 7.64. The fourth-order valence-electron chi connectivity index (χ4n) is 0.982. The summed E-state index contributed by atoms with van der Waals surface area (Å²) in [6.07, 6.45) is -3.51. The number of hydrogen-bond acceptors (Lipinski definition) is 1. The second-order valence-electron chi connectivity index (χ2n) is 2.74. The van der Waals surface area contributed by atoms with Gasteiger partial charge in [-0.1, -0.05) is 30.9 Å². The molecular weight excluding hydrogens is 207 g/mol. The second-order valence-corrected chi connectivity index (χ2v) is 2.74. The number of carbonyl (C=O) groups excluding carboxylic acids is 1. The van der Waals surface area contributed by atoms with Crippen LogP contribution in [0.1, 0.15) is 5.56 Å². The molecule has 1 amide bonds. The fourth-order valence-corrected chi connectivity index (χ4v) is 0.982. The summed E-state index contributed by atoms with van der Waals surface area (Å²) in [7, 11) is 0. The summed E-state index contributed by atoms with van der Waals surface area (Å²) in [5, 5.41) is 1.77. The first-order valence-electron chi connectivity index (χ1n) is 4.05. The largest absolute Gasteiger partial charge is 0.471 e. The predicted molar refractivity (Wildman–Crippen MR) is 51.2 cm³/mol. The van der Waals surface area contributed by atoms with E-state index in [1.807, 2.05) is 0 Å². The quantitative estimate of drug-likeness (QED) is 0.807. The SMILES string of the molecule is C=Cc1ccccc1NC(=O)C(F)(F)F. The maximum Gasteiger partial charge on any atom is 0.471 e. The van der Waals surface area contributed by atoms with Crippen molar-refractivity contribution >= 4 is 17.7 Å². The number of carbonyl (C=O) groups is 1. The first kappa shape index (κ1) is 11.3. The smallest absolute Gasteiger partial charge is 0.318 e. The number of hydrogen-bond donors (Lipinski definition) is 1. The third-order valence-electron chi connectivity index (χ3n) is 1.69. The molecule has 0 aliphatic heterocycles. The van der Waals surface area contributed by atoms with Crippen LogP contribution in [0.3, 0.4) is 0 Å². The Balaban J connectivity index is 2.90. The molecule has 1 N–H and O–H groups in total. The lowest BCUT2D eigenvalue weighted by Crippen LogP contribution is -2.30. The average Bonchev–Trinajstić information content (AvgIpc) is 2.17. The van der Waals surface area contributed by atoms with E-state index in [0.29, 0.717) is 5.56 Å². The molecule has 0 radical (unpaired) electrons. The van der Waals surface area contributed by atoms with Gasteiger partial charge in [0, 0.05) is 5.69 Å². The number of alkyl halides is 3. The number of benzene rings is 1. The normalized spacial score (nSPS) is 10.9. The zero-order chi connectivity index (χ0) is 11.5. The first-order chi connectivity index (χ1) is 6.95. The molecule has 0 unspecified atom stereocenters. The highest BCUT2D eigenvalue weighted by atomic mass is 19.4. The van der Waals surface area contributed by atoms with Gasteiger partial charge in [0.1, 0.15) is 0 Å². The van der Waals surface area contributed by atoms with Crippen LogP contribution in [0, 0.1) is 0 Å². The second kappa shape index (κ2) is 4.16. The highest BCUT2D eigenvalue weighted by Gasteiger charge is 2.38. The van der Waals surface area contributed by atoms with Crippen LogP contribution in [-0.4, -0.2) is 12.1 Å². The third kappa shape index (κ3) is 2.83. The van der Waals surface area contributed by atoms with Crippen LogP contribution in [0.15, 0.2) is 30.8 Å².